The molecule has 0 aliphatic heterocycles. The summed E-state index contributed by atoms with van der Waals surface area (Å²) in [5.74, 6) is 0.0560. The van der Waals surface area contributed by atoms with Gasteiger partial charge >= 0.3 is 5.97 Å². The van der Waals surface area contributed by atoms with Crippen molar-refractivity contribution in [3.05, 3.63) is 89.7 Å². The summed E-state index contributed by atoms with van der Waals surface area (Å²) in [7, 11) is 3.20. The van der Waals surface area contributed by atoms with Gasteiger partial charge in [-0.1, -0.05) is 30.3 Å². The Morgan fingerprint density at radius 1 is 0.971 bits per heavy atom. The number of carbonyl (C=O) groups is 2. The number of nitrogens with one attached hydrogen (secondary N) is 1. The molecule has 1 heterocycles. The van der Waals surface area contributed by atoms with Gasteiger partial charge in [0.15, 0.2) is 0 Å². The van der Waals surface area contributed by atoms with E-state index >= 15 is 0 Å². The van der Waals surface area contributed by atoms with E-state index in [0.717, 1.165) is 39.0 Å². The standard InChI is InChI=1S/C28H25NO6/c1-17(12-27(30)29-15-18-8-10-19(11-9-18)28(31)32)21-13-22-23(16-35-26(22)14-25(21)34-3)20-6-4-5-7-24(20)33-2/h4-14,16H,15H2,1-3H3,(H,29,30)(H,31,32)/b17-12+. The number of carboxylic acid groups (broad SMARTS) is 1. The van der Waals surface area contributed by atoms with Crippen LogP contribution in [-0.4, -0.2) is 31.2 Å². The van der Waals surface area contributed by atoms with Crippen LogP contribution < -0.4 is 14.8 Å². The van der Waals surface area contributed by atoms with Crippen molar-refractivity contribution in [2.24, 2.45) is 0 Å². The highest BCUT2D eigenvalue weighted by Gasteiger charge is 2.17. The molecule has 0 saturated carbocycles. The second-order valence-corrected chi connectivity index (χ2v) is 7.95. The van der Waals surface area contributed by atoms with Gasteiger partial charge in [0.2, 0.25) is 5.91 Å². The largest absolute Gasteiger partial charge is 0.496 e. The molecule has 7 nitrogen and oxygen atoms in total. The Bertz CT molecular complexity index is 1420. The molecule has 2 N–H and O–H groups in total. The second-order valence-electron chi connectivity index (χ2n) is 7.95. The number of amides is 1. The molecule has 0 radical (unpaired) electrons. The molecule has 4 rings (SSSR count). The van der Waals surface area contributed by atoms with E-state index in [1.165, 1.54) is 18.2 Å². The van der Waals surface area contributed by atoms with Crippen LogP contribution in [0.4, 0.5) is 0 Å². The van der Waals surface area contributed by atoms with Gasteiger partial charge in [-0.25, -0.2) is 4.79 Å². The normalized spacial score (nSPS) is 11.3. The molecule has 0 fully saturated rings. The lowest BCUT2D eigenvalue weighted by Gasteiger charge is -2.11. The van der Waals surface area contributed by atoms with Crippen LogP contribution in [-0.2, 0) is 11.3 Å². The number of hydrogen-bond acceptors (Lipinski definition) is 5. The van der Waals surface area contributed by atoms with Gasteiger partial charge in [-0.3, -0.25) is 4.79 Å². The molecule has 1 aromatic heterocycles. The van der Waals surface area contributed by atoms with E-state index in [4.69, 9.17) is 19.0 Å². The molecule has 0 spiro atoms. The number of para-hydroxylation sites is 1. The number of methoxy groups -OCH3 is 2. The first-order valence-corrected chi connectivity index (χ1v) is 10.9. The highest BCUT2D eigenvalue weighted by molar-refractivity contribution is 6.01. The summed E-state index contributed by atoms with van der Waals surface area (Å²) < 4.78 is 16.9. The van der Waals surface area contributed by atoms with Gasteiger partial charge in [-0.05, 0) is 42.3 Å². The van der Waals surface area contributed by atoms with Gasteiger partial charge in [0.25, 0.3) is 0 Å². The van der Waals surface area contributed by atoms with Gasteiger partial charge < -0.3 is 24.3 Å². The van der Waals surface area contributed by atoms with Crippen LogP contribution in [0.25, 0.3) is 27.7 Å². The number of fused-ring (bicyclic) bond motifs is 1. The molecule has 0 aliphatic carbocycles. The van der Waals surface area contributed by atoms with E-state index in [9.17, 15) is 9.59 Å². The fourth-order valence-electron chi connectivity index (χ4n) is 3.89. The zero-order valence-electron chi connectivity index (χ0n) is 19.6. The Kier molecular flexibility index (Phi) is 6.87. The van der Waals surface area contributed by atoms with E-state index in [1.807, 2.05) is 43.3 Å². The zero-order chi connectivity index (χ0) is 24.9. The topological polar surface area (TPSA) is 98.0 Å². The van der Waals surface area contributed by atoms with Crippen LogP contribution in [0.2, 0.25) is 0 Å². The number of hydrogen-bond donors (Lipinski definition) is 2. The minimum absolute atomic E-state index is 0.199. The lowest BCUT2D eigenvalue weighted by atomic mass is 9.98. The molecular formula is C28H25NO6. The molecule has 4 aromatic rings. The van der Waals surface area contributed by atoms with Gasteiger partial charge in [0, 0.05) is 40.8 Å². The minimum Gasteiger partial charge on any atom is -0.496 e. The number of aromatic carboxylic acids is 1. The number of furan rings is 1. The van der Waals surface area contributed by atoms with Crippen molar-refractivity contribution in [3.63, 3.8) is 0 Å². The highest BCUT2D eigenvalue weighted by Crippen LogP contribution is 2.40. The monoisotopic (exact) mass is 471 g/mol. The number of carbonyl (C=O) groups excluding carboxylic acids is 1. The van der Waals surface area contributed by atoms with Gasteiger partial charge in [-0.15, -0.1) is 0 Å². The number of benzene rings is 3. The molecule has 1 amide bonds. The lowest BCUT2D eigenvalue weighted by molar-refractivity contribution is -0.116. The summed E-state index contributed by atoms with van der Waals surface area (Å²) in [6, 6.07) is 17.8. The summed E-state index contributed by atoms with van der Waals surface area (Å²) in [6.07, 6.45) is 3.20. The Labute approximate surface area is 202 Å². The van der Waals surface area contributed by atoms with Crippen molar-refractivity contribution in [2.45, 2.75) is 13.5 Å². The maximum Gasteiger partial charge on any atom is 0.335 e. The van der Waals surface area contributed by atoms with Gasteiger partial charge in [-0.2, -0.15) is 0 Å². The lowest BCUT2D eigenvalue weighted by Crippen LogP contribution is -2.20. The third-order valence-corrected chi connectivity index (χ3v) is 5.73. The van der Waals surface area contributed by atoms with E-state index in [2.05, 4.69) is 5.32 Å². The van der Waals surface area contributed by atoms with E-state index in [0.29, 0.717) is 11.3 Å². The molecule has 0 aliphatic rings. The summed E-state index contributed by atoms with van der Waals surface area (Å²) in [5.41, 5.74) is 4.92. The van der Waals surface area contributed by atoms with E-state index in [-0.39, 0.29) is 18.0 Å². The first-order chi connectivity index (χ1) is 16.9. The third kappa shape index (κ3) is 5.04. The highest BCUT2D eigenvalue weighted by atomic mass is 16.5. The number of carboxylic acids is 1. The quantitative estimate of drug-likeness (QED) is 0.328. The SMILES string of the molecule is COc1cc2occ(-c3ccccc3OC)c2cc1/C(C)=C/C(=O)NCc1ccc(C(=O)O)cc1. The Morgan fingerprint density at radius 2 is 1.69 bits per heavy atom. The molecule has 0 bridgehead atoms. The fourth-order valence-corrected chi connectivity index (χ4v) is 3.89. The van der Waals surface area contributed by atoms with Crippen LogP contribution in [0.1, 0.15) is 28.4 Å². The molecule has 178 valence electrons. The molecular weight excluding hydrogens is 446 g/mol. The molecule has 0 atom stereocenters. The van der Waals surface area contributed by atoms with Gasteiger partial charge in [0.1, 0.15) is 17.1 Å². The first kappa shape index (κ1) is 23.6. The van der Waals surface area contributed by atoms with E-state index in [1.54, 1.807) is 32.6 Å². The molecule has 35 heavy (non-hydrogen) atoms. The van der Waals surface area contributed by atoms with Crippen LogP contribution >= 0.6 is 0 Å². The Balaban J connectivity index is 1.61. The molecule has 0 saturated heterocycles. The van der Waals surface area contributed by atoms with Crippen molar-refractivity contribution in [1.29, 1.82) is 0 Å². The zero-order valence-corrected chi connectivity index (χ0v) is 19.6. The Morgan fingerprint density at radius 3 is 2.37 bits per heavy atom. The third-order valence-electron chi connectivity index (χ3n) is 5.73. The maximum atomic E-state index is 12.6. The van der Waals surface area contributed by atoms with Crippen molar-refractivity contribution in [1.82, 2.24) is 5.32 Å². The molecule has 7 heteroatoms. The number of ether oxygens (including phenoxy) is 2. The summed E-state index contributed by atoms with van der Waals surface area (Å²) in [5, 5.41) is 12.7. The summed E-state index contributed by atoms with van der Waals surface area (Å²) in [6.45, 7) is 2.12. The predicted octanol–water partition coefficient (Wildman–Crippen LogP) is 5.53. The summed E-state index contributed by atoms with van der Waals surface area (Å²) >= 11 is 0. The van der Waals surface area contributed by atoms with Crippen LogP contribution in [0, 0.1) is 0 Å². The maximum absolute atomic E-state index is 12.6. The van der Waals surface area contributed by atoms with E-state index < -0.39 is 5.97 Å². The summed E-state index contributed by atoms with van der Waals surface area (Å²) in [4.78, 5) is 23.6. The molecule has 3 aromatic carbocycles. The minimum atomic E-state index is -0.989. The van der Waals surface area contributed by atoms with Gasteiger partial charge in [0.05, 0.1) is 26.0 Å². The fraction of sp³-hybridized carbons (Fsp3) is 0.143. The van der Waals surface area contributed by atoms with Crippen molar-refractivity contribution in [2.75, 3.05) is 14.2 Å². The van der Waals surface area contributed by atoms with Crippen molar-refractivity contribution < 1.29 is 28.6 Å². The van der Waals surface area contributed by atoms with Crippen molar-refractivity contribution >= 4 is 28.4 Å². The van der Waals surface area contributed by atoms with Crippen LogP contribution in [0.3, 0.4) is 0 Å². The van der Waals surface area contributed by atoms with Crippen LogP contribution in [0.15, 0.2) is 77.4 Å². The second kappa shape index (κ2) is 10.2. The average Bonchev–Trinajstić information content (AvgIpc) is 3.29. The smallest absolute Gasteiger partial charge is 0.335 e. The first-order valence-electron chi connectivity index (χ1n) is 10.9. The number of allylic oxidation sites excluding steroid dienone is 1. The number of rotatable bonds is 8. The molecule has 0 unspecified atom stereocenters. The van der Waals surface area contributed by atoms with Crippen molar-refractivity contribution in [3.8, 4) is 22.6 Å². The predicted molar refractivity (Wildman–Crippen MR) is 134 cm³/mol. The average molecular weight is 472 g/mol. The van der Waals surface area contributed by atoms with Crippen LogP contribution in [0.5, 0.6) is 11.5 Å². The Hall–Kier alpha value is -4.52.